The lowest BCUT2D eigenvalue weighted by Gasteiger charge is -2.33. The van der Waals surface area contributed by atoms with E-state index < -0.39 is 0 Å². The SMILES string of the molecule is c1ccc(-c2cccc(-c3ccc4c(c3)-c3cc(-c5ccccc5-n5c6ccccc6c6ccccc65)cc5c3B(O4)c3ccccc3O5)c2)cc1. The average Bonchev–Trinajstić information content (AvgIpc) is 3.55. The predicted molar refractivity (Wildman–Crippen MR) is 215 cm³/mol. The number of nitrogens with zero attached hydrogens (tertiary/aromatic N) is 1. The standard InChI is InChI=1S/C48H30BNO2/c1-2-13-31(14-3-1)32-15-12-16-33(27-32)34-25-26-45-39(28-34)40-29-35(30-47-48(40)49(52-45)41-20-7-11-24-46(41)51-47)36-17-4-8-21-42(36)50-43-22-9-5-18-37(43)38-19-6-10-23-44(38)50/h1-30H. The Hall–Kier alpha value is -6.78. The lowest BCUT2D eigenvalue weighted by molar-refractivity contribution is 0.479. The fourth-order valence-electron chi connectivity index (χ4n) is 8.30. The van der Waals surface area contributed by atoms with Crippen molar-refractivity contribution in [3.8, 4) is 67.4 Å². The molecule has 8 aromatic carbocycles. The quantitative estimate of drug-likeness (QED) is 0.175. The summed E-state index contributed by atoms with van der Waals surface area (Å²) in [6, 6.07) is 64.8. The van der Waals surface area contributed by atoms with Gasteiger partial charge in [-0.3, -0.25) is 0 Å². The maximum absolute atomic E-state index is 6.89. The molecule has 3 heterocycles. The average molecular weight is 664 g/mol. The minimum absolute atomic E-state index is 0.267. The molecular formula is C48H30BNO2. The summed E-state index contributed by atoms with van der Waals surface area (Å²) in [6.07, 6.45) is 0. The van der Waals surface area contributed by atoms with E-state index in [1.165, 1.54) is 32.9 Å². The van der Waals surface area contributed by atoms with Gasteiger partial charge in [0.1, 0.15) is 17.2 Å². The van der Waals surface area contributed by atoms with Crippen LogP contribution in [0.3, 0.4) is 0 Å². The first-order valence-corrected chi connectivity index (χ1v) is 17.8. The minimum atomic E-state index is -0.267. The minimum Gasteiger partial charge on any atom is -0.551 e. The van der Waals surface area contributed by atoms with Gasteiger partial charge in [-0.05, 0) is 88.0 Å². The molecular weight excluding hydrogens is 633 g/mol. The molecule has 2 aliphatic rings. The molecule has 0 unspecified atom stereocenters. The first-order chi connectivity index (χ1) is 25.8. The van der Waals surface area contributed by atoms with E-state index in [2.05, 4.69) is 174 Å². The lowest BCUT2D eigenvalue weighted by Crippen LogP contribution is -2.53. The largest absolute Gasteiger partial charge is 0.551 e. The van der Waals surface area contributed by atoms with Crippen molar-refractivity contribution in [2.24, 2.45) is 0 Å². The van der Waals surface area contributed by atoms with Crippen molar-refractivity contribution in [3.05, 3.63) is 182 Å². The number of fused-ring (bicyclic) bond motifs is 7. The van der Waals surface area contributed by atoms with Crippen molar-refractivity contribution >= 4 is 39.6 Å². The third kappa shape index (κ3) is 4.41. The molecule has 0 atom stereocenters. The Balaban J connectivity index is 1.13. The Kier molecular flexibility index (Phi) is 6.35. The van der Waals surface area contributed by atoms with E-state index in [1.807, 2.05) is 12.1 Å². The molecule has 0 N–H and O–H groups in total. The van der Waals surface area contributed by atoms with Crippen LogP contribution < -0.4 is 20.3 Å². The Labute approximate surface area is 302 Å². The summed E-state index contributed by atoms with van der Waals surface area (Å²) in [4.78, 5) is 0. The monoisotopic (exact) mass is 663 g/mol. The van der Waals surface area contributed by atoms with Gasteiger partial charge in [-0.25, -0.2) is 0 Å². The van der Waals surface area contributed by atoms with Crippen LogP contribution in [0.5, 0.6) is 17.2 Å². The second-order valence-corrected chi connectivity index (χ2v) is 13.6. The van der Waals surface area contributed by atoms with Crippen LogP contribution in [-0.4, -0.2) is 11.5 Å². The third-order valence-corrected chi connectivity index (χ3v) is 10.7. The van der Waals surface area contributed by atoms with Gasteiger partial charge in [0.15, 0.2) is 0 Å². The lowest BCUT2D eigenvalue weighted by atomic mass is 9.50. The van der Waals surface area contributed by atoms with Crippen LogP contribution in [0.1, 0.15) is 0 Å². The summed E-state index contributed by atoms with van der Waals surface area (Å²) in [6.45, 7) is -0.267. The fourth-order valence-corrected chi connectivity index (χ4v) is 8.30. The number of para-hydroxylation sites is 4. The highest BCUT2D eigenvalue weighted by Crippen LogP contribution is 2.45. The predicted octanol–water partition coefficient (Wildman–Crippen LogP) is 11.1. The number of ether oxygens (including phenoxy) is 1. The summed E-state index contributed by atoms with van der Waals surface area (Å²) in [5.41, 5.74) is 14.7. The van der Waals surface area contributed by atoms with Crippen LogP contribution in [0.4, 0.5) is 0 Å². The highest BCUT2D eigenvalue weighted by atomic mass is 16.5. The van der Waals surface area contributed by atoms with E-state index in [0.717, 1.165) is 67.2 Å². The van der Waals surface area contributed by atoms with Gasteiger partial charge in [0.05, 0.1) is 16.7 Å². The van der Waals surface area contributed by atoms with Crippen molar-refractivity contribution in [1.82, 2.24) is 4.57 Å². The fraction of sp³-hybridized carbons (Fsp3) is 0. The zero-order valence-electron chi connectivity index (χ0n) is 28.2. The molecule has 11 rings (SSSR count). The highest BCUT2D eigenvalue weighted by molar-refractivity contribution is 6.84. The number of hydrogen-bond donors (Lipinski definition) is 0. The Morgan fingerprint density at radius 3 is 1.85 bits per heavy atom. The molecule has 0 radical (unpaired) electrons. The molecule has 0 aliphatic carbocycles. The zero-order valence-corrected chi connectivity index (χ0v) is 28.2. The normalized spacial score (nSPS) is 12.5. The summed E-state index contributed by atoms with van der Waals surface area (Å²) in [7, 11) is 0. The van der Waals surface area contributed by atoms with Crippen LogP contribution in [0, 0.1) is 0 Å². The molecule has 52 heavy (non-hydrogen) atoms. The molecule has 3 nitrogen and oxygen atoms in total. The van der Waals surface area contributed by atoms with Crippen molar-refractivity contribution in [1.29, 1.82) is 0 Å². The second-order valence-electron chi connectivity index (χ2n) is 13.6. The van der Waals surface area contributed by atoms with Crippen LogP contribution in [0.2, 0.25) is 0 Å². The number of benzene rings is 8. The molecule has 242 valence electrons. The summed E-state index contributed by atoms with van der Waals surface area (Å²) in [5, 5.41) is 2.48. The summed E-state index contributed by atoms with van der Waals surface area (Å²) < 4.78 is 16.1. The van der Waals surface area contributed by atoms with E-state index in [-0.39, 0.29) is 6.92 Å². The van der Waals surface area contributed by atoms with Crippen LogP contribution in [0.25, 0.3) is 72.0 Å². The van der Waals surface area contributed by atoms with Gasteiger partial charge in [-0.1, -0.05) is 127 Å². The first kappa shape index (κ1) is 29.0. The molecule has 0 saturated heterocycles. The third-order valence-electron chi connectivity index (χ3n) is 10.7. The van der Waals surface area contributed by atoms with E-state index in [0.29, 0.717) is 0 Å². The van der Waals surface area contributed by atoms with Crippen molar-refractivity contribution < 1.29 is 9.39 Å². The Bertz CT molecular complexity index is 2820. The van der Waals surface area contributed by atoms with Gasteiger partial charge in [0.25, 0.3) is 0 Å². The second kappa shape index (κ2) is 11.4. The first-order valence-electron chi connectivity index (χ1n) is 17.8. The molecule has 0 fully saturated rings. The van der Waals surface area contributed by atoms with Gasteiger partial charge in [0, 0.05) is 32.8 Å². The smallest absolute Gasteiger partial charge is 0.434 e. The van der Waals surface area contributed by atoms with Gasteiger partial charge in [0.2, 0.25) is 0 Å². The van der Waals surface area contributed by atoms with Crippen LogP contribution in [0.15, 0.2) is 182 Å². The summed E-state index contributed by atoms with van der Waals surface area (Å²) >= 11 is 0. The van der Waals surface area contributed by atoms with Gasteiger partial charge < -0.3 is 14.0 Å². The molecule has 1 aromatic heterocycles. The van der Waals surface area contributed by atoms with Crippen molar-refractivity contribution in [2.75, 3.05) is 0 Å². The Morgan fingerprint density at radius 2 is 1.02 bits per heavy atom. The van der Waals surface area contributed by atoms with E-state index in [4.69, 9.17) is 9.39 Å². The molecule has 0 bridgehead atoms. The van der Waals surface area contributed by atoms with Crippen LogP contribution in [-0.2, 0) is 0 Å². The number of rotatable bonds is 4. The summed E-state index contributed by atoms with van der Waals surface area (Å²) in [5.74, 6) is 2.53. The van der Waals surface area contributed by atoms with E-state index >= 15 is 0 Å². The molecule has 0 spiro atoms. The van der Waals surface area contributed by atoms with E-state index in [9.17, 15) is 0 Å². The van der Waals surface area contributed by atoms with Gasteiger partial charge >= 0.3 is 6.92 Å². The van der Waals surface area contributed by atoms with Gasteiger partial charge in [-0.2, -0.15) is 0 Å². The van der Waals surface area contributed by atoms with Crippen molar-refractivity contribution in [3.63, 3.8) is 0 Å². The maximum atomic E-state index is 6.89. The molecule has 0 saturated carbocycles. The van der Waals surface area contributed by atoms with Gasteiger partial charge in [-0.15, -0.1) is 0 Å². The molecule has 9 aromatic rings. The van der Waals surface area contributed by atoms with Crippen molar-refractivity contribution in [2.45, 2.75) is 0 Å². The van der Waals surface area contributed by atoms with E-state index in [1.54, 1.807) is 0 Å². The Morgan fingerprint density at radius 1 is 0.385 bits per heavy atom. The topological polar surface area (TPSA) is 23.4 Å². The molecule has 4 heteroatoms. The number of hydrogen-bond acceptors (Lipinski definition) is 2. The molecule has 0 amide bonds. The van der Waals surface area contributed by atoms with Crippen LogP contribution >= 0.6 is 0 Å². The maximum Gasteiger partial charge on any atom is 0.434 e. The number of aromatic nitrogens is 1. The molecule has 2 aliphatic heterocycles. The highest BCUT2D eigenvalue weighted by Gasteiger charge is 2.41. The zero-order chi connectivity index (χ0) is 34.2.